The number of benzene rings is 1. The summed E-state index contributed by atoms with van der Waals surface area (Å²) in [6.07, 6.45) is 2.09. The summed E-state index contributed by atoms with van der Waals surface area (Å²) in [5.41, 5.74) is 0.295. The van der Waals surface area contributed by atoms with Crippen molar-refractivity contribution >= 4 is 16.2 Å². The van der Waals surface area contributed by atoms with E-state index >= 15 is 0 Å². The predicted octanol–water partition coefficient (Wildman–Crippen LogP) is -0.0191. The van der Waals surface area contributed by atoms with Crippen LogP contribution in [0.4, 0.5) is 0 Å². The van der Waals surface area contributed by atoms with Crippen LogP contribution in [0.25, 0.3) is 0 Å². The first-order valence-corrected chi connectivity index (χ1v) is 5.79. The van der Waals surface area contributed by atoms with E-state index in [0.717, 1.165) is 18.5 Å². The van der Waals surface area contributed by atoms with Gasteiger partial charge in [0.25, 0.3) is 0 Å². The van der Waals surface area contributed by atoms with Crippen LogP contribution in [0.2, 0.25) is 0 Å². The largest absolute Gasteiger partial charge is 0.508 e. The first kappa shape index (κ1) is 11.3. The zero-order chi connectivity index (χ0) is 11.5. The Morgan fingerprint density at radius 1 is 1.40 bits per heavy atom. The molecule has 0 unspecified atom stereocenters. The summed E-state index contributed by atoms with van der Waals surface area (Å²) in [6, 6.07) is 3.88. The molecule has 0 fully saturated rings. The fourth-order valence-corrected chi connectivity index (χ4v) is 1.08. The van der Waals surface area contributed by atoms with Crippen LogP contribution in [-0.4, -0.2) is 31.1 Å². The smallest absolute Gasteiger partial charge is 0.244 e. The third-order valence-corrected chi connectivity index (χ3v) is 1.87. The summed E-state index contributed by atoms with van der Waals surface area (Å²) >= 11 is 0. The molecule has 3 N–H and O–H groups in total. The van der Waals surface area contributed by atoms with E-state index in [4.69, 9.17) is 5.11 Å². The Kier molecular flexibility index (Phi) is 3.15. The summed E-state index contributed by atoms with van der Waals surface area (Å²) in [7, 11) is -3.39. The number of sulfonamides is 1. The van der Waals surface area contributed by atoms with E-state index in [1.807, 2.05) is 4.83 Å². The van der Waals surface area contributed by atoms with Crippen molar-refractivity contribution in [1.82, 2.24) is 4.83 Å². The Balaban J connectivity index is 2.82. The van der Waals surface area contributed by atoms with Crippen LogP contribution in [0.5, 0.6) is 11.5 Å². The van der Waals surface area contributed by atoms with Gasteiger partial charge >= 0.3 is 0 Å². The molecule has 0 aromatic heterocycles. The molecule has 0 atom stereocenters. The molecule has 82 valence electrons. The lowest BCUT2D eigenvalue weighted by molar-refractivity contribution is 0.450. The number of hydrogen-bond donors (Lipinski definition) is 3. The third-order valence-electron chi connectivity index (χ3n) is 1.44. The van der Waals surface area contributed by atoms with Crippen molar-refractivity contribution in [3.63, 3.8) is 0 Å². The Labute approximate surface area is 86.9 Å². The van der Waals surface area contributed by atoms with Gasteiger partial charge in [0.15, 0.2) is 0 Å². The second-order valence-corrected chi connectivity index (χ2v) is 4.59. The molecule has 1 aromatic rings. The molecule has 0 amide bonds. The van der Waals surface area contributed by atoms with Crippen LogP contribution >= 0.6 is 0 Å². The molecule has 15 heavy (non-hydrogen) atoms. The number of aromatic hydroxyl groups is 2. The Morgan fingerprint density at radius 2 is 2.07 bits per heavy atom. The summed E-state index contributed by atoms with van der Waals surface area (Å²) in [5.74, 6) is -0.269. The van der Waals surface area contributed by atoms with Gasteiger partial charge in [-0.2, -0.15) is 5.10 Å². The van der Waals surface area contributed by atoms with Gasteiger partial charge in [0.2, 0.25) is 10.0 Å². The molecule has 0 aliphatic carbocycles. The van der Waals surface area contributed by atoms with Gasteiger partial charge < -0.3 is 10.2 Å². The van der Waals surface area contributed by atoms with E-state index in [9.17, 15) is 13.5 Å². The average molecular weight is 230 g/mol. The van der Waals surface area contributed by atoms with Crippen molar-refractivity contribution in [3.8, 4) is 11.5 Å². The molecule has 1 aromatic carbocycles. The topological polar surface area (TPSA) is 99.0 Å². The van der Waals surface area contributed by atoms with Crippen molar-refractivity contribution in [2.24, 2.45) is 5.10 Å². The van der Waals surface area contributed by atoms with Gasteiger partial charge in [0.1, 0.15) is 11.5 Å². The molecule has 1 rings (SSSR count). The lowest BCUT2D eigenvalue weighted by Gasteiger charge is -1.99. The van der Waals surface area contributed by atoms with E-state index in [1.54, 1.807) is 0 Å². The molecule has 0 heterocycles. The summed E-state index contributed by atoms with van der Waals surface area (Å²) < 4.78 is 21.3. The van der Waals surface area contributed by atoms with E-state index in [2.05, 4.69) is 5.10 Å². The average Bonchev–Trinajstić information content (AvgIpc) is 2.07. The zero-order valence-corrected chi connectivity index (χ0v) is 8.69. The minimum atomic E-state index is -3.39. The maximum absolute atomic E-state index is 10.6. The quantitative estimate of drug-likeness (QED) is 0.502. The van der Waals surface area contributed by atoms with Crippen molar-refractivity contribution in [1.29, 1.82) is 0 Å². The Hall–Kier alpha value is -1.76. The highest BCUT2D eigenvalue weighted by atomic mass is 32.2. The van der Waals surface area contributed by atoms with Crippen molar-refractivity contribution in [2.45, 2.75) is 0 Å². The van der Waals surface area contributed by atoms with Crippen LogP contribution < -0.4 is 4.83 Å². The van der Waals surface area contributed by atoms with E-state index in [-0.39, 0.29) is 11.5 Å². The Bertz CT molecular complexity index is 481. The molecule has 0 spiro atoms. The van der Waals surface area contributed by atoms with Gasteiger partial charge in [-0.05, 0) is 12.1 Å². The molecule has 7 heteroatoms. The van der Waals surface area contributed by atoms with E-state index in [0.29, 0.717) is 5.56 Å². The predicted molar refractivity (Wildman–Crippen MR) is 55.3 cm³/mol. The summed E-state index contributed by atoms with van der Waals surface area (Å²) in [6.45, 7) is 0. The van der Waals surface area contributed by atoms with Crippen LogP contribution in [0.15, 0.2) is 23.3 Å². The first-order chi connectivity index (χ1) is 6.88. The SMILES string of the molecule is CS(=O)(=O)N/N=C/c1ccc(O)cc1O. The normalized spacial score (nSPS) is 11.8. The highest BCUT2D eigenvalue weighted by molar-refractivity contribution is 7.88. The van der Waals surface area contributed by atoms with E-state index in [1.165, 1.54) is 12.1 Å². The number of hydrogen-bond acceptors (Lipinski definition) is 5. The van der Waals surface area contributed by atoms with Gasteiger partial charge in [-0.15, -0.1) is 0 Å². The highest BCUT2D eigenvalue weighted by Gasteiger charge is 2.00. The van der Waals surface area contributed by atoms with Gasteiger partial charge in [0, 0.05) is 11.6 Å². The molecule has 0 aliphatic heterocycles. The fourth-order valence-electron chi connectivity index (χ4n) is 0.833. The second kappa shape index (κ2) is 4.18. The molecular weight excluding hydrogens is 220 g/mol. The monoisotopic (exact) mass is 230 g/mol. The second-order valence-electron chi connectivity index (χ2n) is 2.86. The Morgan fingerprint density at radius 3 is 2.60 bits per heavy atom. The van der Waals surface area contributed by atoms with Crippen molar-refractivity contribution in [2.75, 3.05) is 6.26 Å². The molecular formula is C8H10N2O4S. The molecule has 0 bridgehead atoms. The first-order valence-electron chi connectivity index (χ1n) is 3.90. The number of rotatable bonds is 3. The molecule has 0 saturated heterocycles. The van der Waals surface area contributed by atoms with Crippen LogP contribution in [0, 0.1) is 0 Å². The molecule has 0 radical (unpaired) electrons. The van der Waals surface area contributed by atoms with Crippen molar-refractivity contribution < 1.29 is 18.6 Å². The standard InChI is InChI=1S/C8H10N2O4S/c1-15(13,14)10-9-5-6-2-3-7(11)4-8(6)12/h2-5,10-12H,1H3/b9-5+. The molecule has 0 saturated carbocycles. The molecule has 0 aliphatic rings. The number of phenolic OH excluding ortho intramolecular Hbond substituents is 2. The van der Waals surface area contributed by atoms with Gasteiger partial charge in [-0.25, -0.2) is 13.2 Å². The number of phenols is 2. The maximum Gasteiger partial charge on any atom is 0.244 e. The zero-order valence-electron chi connectivity index (χ0n) is 7.88. The minimum absolute atomic E-state index is 0.0827. The highest BCUT2D eigenvalue weighted by Crippen LogP contribution is 2.20. The van der Waals surface area contributed by atoms with Crippen LogP contribution in [0.1, 0.15) is 5.56 Å². The van der Waals surface area contributed by atoms with Gasteiger partial charge in [-0.1, -0.05) is 0 Å². The van der Waals surface area contributed by atoms with Gasteiger partial charge in [-0.3, -0.25) is 0 Å². The number of hydrazone groups is 1. The van der Waals surface area contributed by atoms with Crippen LogP contribution in [-0.2, 0) is 10.0 Å². The molecule has 6 nitrogen and oxygen atoms in total. The maximum atomic E-state index is 10.6. The fraction of sp³-hybridized carbons (Fsp3) is 0.125. The lowest BCUT2D eigenvalue weighted by Crippen LogP contribution is -2.15. The summed E-state index contributed by atoms with van der Waals surface area (Å²) in [5, 5.41) is 21.7. The number of nitrogens with one attached hydrogen (secondary N) is 1. The summed E-state index contributed by atoms with van der Waals surface area (Å²) in [4.78, 5) is 1.88. The van der Waals surface area contributed by atoms with Gasteiger partial charge in [0.05, 0.1) is 12.5 Å². The van der Waals surface area contributed by atoms with E-state index < -0.39 is 10.0 Å². The third kappa shape index (κ3) is 3.86. The number of nitrogens with zero attached hydrogens (tertiary/aromatic N) is 1. The van der Waals surface area contributed by atoms with Crippen molar-refractivity contribution in [3.05, 3.63) is 23.8 Å². The lowest BCUT2D eigenvalue weighted by atomic mass is 10.2. The minimum Gasteiger partial charge on any atom is -0.508 e. The van der Waals surface area contributed by atoms with Crippen LogP contribution in [0.3, 0.4) is 0 Å².